The minimum Gasteiger partial charge on any atom is -0.500 e. The quantitative estimate of drug-likeness (QED) is 0.461. The molecule has 0 amide bonds. The molecule has 0 bridgehead atoms. The number of rotatable bonds is 3. The molecule has 3 rings (SSSR count). The molecule has 0 radical (unpaired) electrons. The van der Waals surface area contributed by atoms with Crippen LogP contribution >= 0.6 is 0 Å². The summed E-state index contributed by atoms with van der Waals surface area (Å²) in [5, 5.41) is 0. The van der Waals surface area contributed by atoms with E-state index < -0.39 is 0 Å². The van der Waals surface area contributed by atoms with Gasteiger partial charge in [0.15, 0.2) is 0 Å². The van der Waals surface area contributed by atoms with Crippen molar-refractivity contribution in [2.24, 2.45) is 0 Å². The van der Waals surface area contributed by atoms with Crippen LogP contribution in [0, 0.1) is 44.1 Å². The van der Waals surface area contributed by atoms with Gasteiger partial charge in [0.05, 0.1) is 6.67 Å². The summed E-state index contributed by atoms with van der Waals surface area (Å²) in [6, 6.07) is 16.7. The van der Waals surface area contributed by atoms with E-state index in [9.17, 15) is 4.39 Å². The van der Waals surface area contributed by atoms with Gasteiger partial charge in [-0.25, -0.2) is 4.98 Å². The predicted octanol–water partition coefficient (Wildman–Crippen LogP) is 4.54. The zero-order valence-corrected chi connectivity index (χ0v) is 17.5. The van der Waals surface area contributed by atoms with Crippen LogP contribution in [0.3, 0.4) is 0 Å². The van der Waals surface area contributed by atoms with Crippen LogP contribution in [0.4, 0.5) is 10.1 Å². The molecule has 0 saturated heterocycles. The fourth-order valence-corrected chi connectivity index (χ4v) is 1.84. The second kappa shape index (κ2) is 9.75. The Morgan fingerprint density at radius 2 is 1.87 bits per heavy atom. The Hall–Kier alpha value is -1.31. The molecule has 0 aliphatic carbocycles. The van der Waals surface area contributed by atoms with E-state index in [4.69, 9.17) is 4.42 Å². The maximum Gasteiger partial charge on any atom is 2.00 e. The molecular weight excluding hydrogens is 517 g/mol. The number of hydrogen-bond acceptors (Lipinski definition) is 3. The fourth-order valence-electron chi connectivity index (χ4n) is 1.84. The molecule has 0 N–H and O–H groups in total. The molecule has 0 saturated carbocycles. The number of anilines is 1. The number of halogens is 1. The zero-order valence-electron chi connectivity index (χ0n) is 13.3. The molecule has 3 nitrogen and oxygen atoms in total. The van der Waals surface area contributed by atoms with E-state index in [1.807, 2.05) is 38.4 Å². The first-order valence-electron chi connectivity index (χ1n) is 7.05. The number of alkyl halides is 1. The smallest absolute Gasteiger partial charge is 0.500 e. The molecule has 1 heterocycles. The first-order valence-corrected chi connectivity index (χ1v) is 7.05. The number of nitrogens with zero attached hydrogens (tertiary/aromatic N) is 2. The van der Waals surface area contributed by atoms with Crippen molar-refractivity contribution in [3.63, 3.8) is 0 Å². The average molecular weight is 536 g/mol. The summed E-state index contributed by atoms with van der Waals surface area (Å²) in [5.74, 6) is 0.648. The molecule has 1 aromatic heterocycles. The summed E-state index contributed by atoms with van der Waals surface area (Å²) >= 11 is 0. The van der Waals surface area contributed by atoms with Crippen molar-refractivity contribution < 1.29 is 39.9 Å². The predicted molar refractivity (Wildman–Crippen MR) is 88.6 cm³/mol. The second-order valence-corrected chi connectivity index (χ2v) is 4.90. The van der Waals surface area contributed by atoms with Gasteiger partial charge in [-0.1, -0.05) is 0 Å². The maximum atomic E-state index is 10.7. The van der Waals surface area contributed by atoms with Crippen LogP contribution in [-0.2, 0) is 0 Å². The summed E-state index contributed by atoms with van der Waals surface area (Å²) in [6.07, 6.45) is 0.403. The van der Waals surface area contributed by atoms with Crippen LogP contribution in [0.2, 0.25) is 0 Å². The van der Waals surface area contributed by atoms with Crippen molar-refractivity contribution in [1.82, 2.24) is 4.98 Å². The Bertz CT molecular complexity index is 675. The van der Waals surface area contributed by atoms with Crippen LogP contribution < -0.4 is 4.90 Å². The van der Waals surface area contributed by atoms with Crippen molar-refractivity contribution in [2.45, 2.75) is 6.42 Å². The Morgan fingerprint density at radius 3 is 2.39 bits per heavy atom. The van der Waals surface area contributed by atoms with Crippen LogP contribution in [-0.4, -0.2) is 25.8 Å². The Balaban J connectivity index is 0.000000478. The van der Waals surface area contributed by atoms with E-state index in [1.165, 1.54) is 0 Å². The maximum absolute atomic E-state index is 10.7. The topological polar surface area (TPSA) is 29.3 Å². The van der Waals surface area contributed by atoms with E-state index in [-0.39, 0.29) is 37.8 Å². The Labute approximate surface area is 160 Å². The minimum absolute atomic E-state index is 0. The van der Waals surface area contributed by atoms with Crippen molar-refractivity contribution in [3.8, 4) is 11.5 Å². The Morgan fingerprint density at radius 1 is 1.22 bits per heavy atom. The summed E-state index contributed by atoms with van der Waals surface area (Å²) in [5.41, 5.74) is 3.77. The molecule has 118 valence electrons. The van der Waals surface area contributed by atoms with Gasteiger partial charge in [-0.05, 0) is 24.3 Å². The van der Waals surface area contributed by atoms with Gasteiger partial charge in [-0.2, -0.15) is 18.6 Å². The van der Waals surface area contributed by atoms with E-state index in [0.29, 0.717) is 12.3 Å². The van der Waals surface area contributed by atoms with Gasteiger partial charge < -0.3 is 16.2 Å². The van der Waals surface area contributed by atoms with Crippen molar-refractivity contribution in [3.05, 3.63) is 55.5 Å². The number of oxazole rings is 1. The minimum atomic E-state index is -0.292. The van der Waals surface area contributed by atoms with E-state index in [0.717, 1.165) is 22.4 Å². The van der Waals surface area contributed by atoms with E-state index in [1.54, 1.807) is 6.07 Å². The number of hydrogen-bond donors (Lipinski definition) is 0. The Kier molecular flexibility index (Phi) is 8.36. The number of aromatic nitrogens is 1. The summed E-state index contributed by atoms with van der Waals surface area (Å²) in [7, 11) is 4.04. The van der Waals surface area contributed by atoms with Gasteiger partial charge in [-0.3, -0.25) is 4.39 Å². The van der Waals surface area contributed by atoms with Gasteiger partial charge in [0, 0.05) is 36.4 Å². The van der Waals surface area contributed by atoms with Crippen LogP contribution in [0.25, 0.3) is 22.6 Å². The molecule has 0 unspecified atom stereocenters. The second-order valence-electron chi connectivity index (χ2n) is 4.90. The van der Waals surface area contributed by atoms with Gasteiger partial charge in [0.2, 0.25) is 5.89 Å². The molecule has 0 fully saturated rings. The van der Waals surface area contributed by atoms with Crippen molar-refractivity contribution >= 4 is 16.8 Å². The van der Waals surface area contributed by atoms with Crippen molar-refractivity contribution in [2.75, 3.05) is 25.7 Å². The first kappa shape index (κ1) is 19.7. The third-order valence-corrected chi connectivity index (χ3v) is 3.00. The molecule has 23 heavy (non-hydrogen) atoms. The number of fused-ring (bicyclic) bond motifs is 1. The van der Waals surface area contributed by atoms with Crippen molar-refractivity contribution in [1.29, 1.82) is 0 Å². The first-order chi connectivity index (χ1) is 10.7. The standard InChI is InChI=1S/C15H13N2O.C3H6F.U/c1-17(2)12-9-7-11(8-10-12)15-16-13-5-3-4-6-14(13)18-15;1-2-3-4;/h3,5-10H,1-2H3;1-3H2;/q2*-1;+2. The molecule has 0 atom stereocenters. The molecule has 0 aliphatic rings. The van der Waals surface area contributed by atoms with Gasteiger partial charge >= 0.3 is 31.1 Å². The third-order valence-electron chi connectivity index (χ3n) is 3.00. The summed E-state index contributed by atoms with van der Waals surface area (Å²) < 4.78 is 16.4. The van der Waals surface area contributed by atoms with E-state index in [2.05, 4.69) is 35.0 Å². The normalized spacial score (nSPS) is 9.74. The van der Waals surface area contributed by atoms with Gasteiger partial charge in [0.25, 0.3) is 0 Å². The molecule has 0 aliphatic heterocycles. The molecule has 2 aromatic carbocycles. The average Bonchev–Trinajstić information content (AvgIpc) is 2.99. The summed E-state index contributed by atoms with van der Waals surface area (Å²) in [6.45, 7) is 2.94. The number of benzene rings is 2. The van der Waals surface area contributed by atoms with E-state index >= 15 is 0 Å². The molecule has 0 spiro atoms. The molecular formula is C18H19FN2OU. The summed E-state index contributed by atoms with van der Waals surface area (Å²) in [4.78, 5) is 6.52. The van der Waals surface area contributed by atoms with Gasteiger partial charge in [-0.15, -0.1) is 12.1 Å². The largest absolute Gasteiger partial charge is 2.00 e. The van der Waals surface area contributed by atoms with Crippen LogP contribution in [0.5, 0.6) is 0 Å². The van der Waals surface area contributed by atoms with Crippen LogP contribution in [0.1, 0.15) is 6.42 Å². The third kappa shape index (κ3) is 5.37. The molecule has 5 heteroatoms. The fraction of sp³-hybridized carbons (Fsp3) is 0.222. The molecule has 3 aromatic rings. The SMILES string of the molecule is CN(C)c1ccc(-c2nc3cc[c-]cc3o2)cc1.[CH2-]CCF.[U+2]. The van der Waals surface area contributed by atoms with Gasteiger partial charge in [0.1, 0.15) is 0 Å². The monoisotopic (exact) mass is 536 g/mol. The zero-order chi connectivity index (χ0) is 15.9. The van der Waals surface area contributed by atoms with Crippen LogP contribution in [0.15, 0.2) is 46.9 Å².